The topological polar surface area (TPSA) is 58.6 Å². The molecule has 5 nitrogen and oxygen atoms in total. The number of carbonyl (C=O) groups excluding carboxylic acids is 2. The Morgan fingerprint density at radius 3 is 2.52 bits per heavy atom. The molecule has 2 aromatic carbocycles. The van der Waals surface area contributed by atoms with Crippen molar-refractivity contribution in [3.63, 3.8) is 0 Å². The van der Waals surface area contributed by atoms with Crippen molar-refractivity contribution in [1.82, 2.24) is 4.90 Å². The van der Waals surface area contributed by atoms with Crippen LogP contribution in [0.15, 0.2) is 42.5 Å². The molecule has 1 N–H and O–H groups in total. The van der Waals surface area contributed by atoms with Gasteiger partial charge < -0.3 is 15.0 Å². The van der Waals surface area contributed by atoms with Crippen molar-refractivity contribution >= 4 is 17.5 Å². The van der Waals surface area contributed by atoms with Gasteiger partial charge in [0.25, 0.3) is 5.91 Å². The van der Waals surface area contributed by atoms with E-state index in [0.29, 0.717) is 17.5 Å². The first-order valence-electron chi connectivity index (χ1n) is 7.63. The van der Waals surface area contributed by atoms with Crippen molar-refractivity contribution in [1.29, 1.82) is 0 Å². The third-order valence-electron chi connectivity index (χ3n) is 3.55. The molecule has 0 aromatic heterocycles. The Bertz CT molecular complexity index is 781. The van der Waals surface area contributed by atoms with Crippen molar-refractivity contribution in [3.8, 4) is 5.75 Å². The van der Waals surface area contributed by atoms with E-state index in [1.807, 2.05) is 0 Å². The summed E-state index contributed by atoms with van der Waals surface area (Å²) in [4.78, 5) is 25.8. The summed E-state index contributed by atoms with van der Waals surface area (Å²) in [5, 5.41) is 2.64. The SMILES string of the molecule is CCN(CC(=O)Nc1ccccc1OC)C(=O)c1ccc(F)cc1F. The van der Waals surface area contributed by atoms with Crippen LogP contribution in [0.2, 0.25) is 0 Å². The van der Waals surface area contributed by atoms with E-state index in [1.165, 1.54) is 12.0 Å². The maximum absolute atomic E-state index is 13.8. The standard InChI is InChI=1S/C18H18F2N2O3/c1-3-22(18(24)13-9-8-12(19)10-14(13)20)11-17(23)21-15-6-4-5-7-16(15)25-2/h4-10H,3,11H2,1-2H3,(H,21,23). The van der Waals surface area contributed by atoms with E-state index >= 15 is 0 Å². The molecule has 0 aliphatic rings. The minimum absolute atomic E-state index is 0.189. The number of amides is 2. The molecule has 25 heavy (non-hydrogen) atoms. The van der Waals surface area contributed by atoms with Crippen LogP contribution in [0, 0.1) is 11.6 Å². The second-order valence-electron chi connectivity index (χ2n) is 5.19. The minimum Gasteiger partial charge on any atom is -0.495 e. The molecule has 2 aromatic rings. The molecule has 0 saturated carbocycles. The van der Waals surface area contributed by atoms with Crippen molar-refractivity contribution < 1.29 is 23.1 Å². The third kappa shape index (κ3) is 4.53. The predicted molar refractivity (Wildman–Crippen MR) is 89.6 cm³/mol. The van der Waals surface area contributed by atoms with Crippen LogP contribution < -0.4 is 10.1 Å². The van der Waals surface area contributed by atoms with Crippen LogP contribution in [0.25, 0.3) is 0 Å². The molecule has 2 amide bonds. The number of hydrogen-bond acceptors (Lipinski definition) is 3. The monoisotopic (exact) mass is 348 g/mol. The number of methoxy groups -OCH3 is 1. The molecular weight excluding hydrogens is 330 g/mol. The van der Waals surface area contributed by atoms with Crippen molar-refractivity contribution in [2.75, 3.05) is 25.5 Å². The molecule has 0 spiro atoms. The maximum Gasteiger partial charge on any atom is 0.257 e. The number of rotatable bonds is 6. The molecule has 0 saturated heterocycles. The first-order valence-corrected chi connectivity index (χ1v) is 7.63. The Balaban J connectivity index is 2.10. The fraction of sp³-hybridized carbons (Fsp3) is 0.222. The lowest BCUT2D eigenvalue weighted by molar-refractivity contribution is -0.116. The summed E-state index contributed by atoms with van der Waals surface area (Å²) in [6.45, 7) is 1.58. The van der Waals surface area contributed by atoms with Gasteiger partial charge in [0.15, 0.2) is 0 Å². The number of halogens is 2. The second-order valence-corrected chi connectivity index (χ2v) is 5.19. The number of anilines is 1. The summed E-state index contributed by atoms with van der Waals surface area (Å²) >= 11 is 0. The average Bonchev–Trinajstić information content (AvgIpc) is 2.59. The zero-order valence-corrected chi connectivity index (χ0v) is 13.9. The molecule has 0 bridgehead atoms. The molecular formula is C18H18F2N2O3. The van der Waals surface area contributed by atoms with Crippen molar-refractivity contribution in [2.45, 2.75) is 6.92 Å². The molecule has 2 rings (SSSR count). The number of ether oxygens (including phenoxy) is 1. The highest BCUT2D eigenvalue weighted by Gasteiger charge is 2.21. The number of carbonyl (C=O) groups is 2. The van der Waals surface area contributed by atoms with Gasteiger partial charge in [0, 0.05) is 12.6 Å². The van der Waals surface area contributed by atoms with Gasteiger partial charge in [-0.1, -0.05) is 12.1 Å². The minimum atomic E-state index is -0.964. The lowest BCUT2D eigenvalue weighted by Crippen LogP contribution is -2.38. The van der Waals surface area contributed by atoms with Gasteiger partial charge in [0.2, 0.25) is 5.91 Å². The third-order valence-corrected chi connectivity index (χ3v) is 3.55. The summed E-state index contributed by atoms with van der Waals surface area (Å²) in [6.07, 6.45) is 0. The number of hydrogen-bond donors (Lipinski definition) is 1. The van der Waals surface area contributed by atoms with Gasteiger partial charge >= 0.3 is 0 Å². The molecule has 132 valence electrons. The van der Waals surface area contributed by atoms with E-state index in [2.05, 4.69) is 5.32 Å². The quantitative estimate of drug-likeness (QED) is 0.873. The Hall–Kier alpha value is -2.96. The van der Waals surface area contributed by atoms with E-state index in [9.17, 15) is 18.4 Å². The summed E-state index contributed by atoms with van der Waals surface area (Å²) in [7, 11) is 1.48. The number of likely N-dealkylation sites (N-methyl/N-ethyl adjacent to an activating group) is 1. The highest BCUT2D eigenvalue weighted by molar-refractivity contribution is 6.00. The van der Waals surface area contributed by atoms with Gasteiger partial charge in [-0.3, -0.25) is 9.59 Å². The highest BCUT2D eigenvalue weighted by atomic mass is 19.1. The Morgan fingerprint density at radius 2 is 1.88 bits per heavy atom. The van der Waals surface area contributed by atoms with E-state index in [-0.39, 0.29) is 18.7 Å². The second kappa shape index (κ2) is 8.23. The fourth-order valence-corrected chi connectivity index (χ4v) is 2.27. The molecule has 0 heterocycles. The first-order chi connectivity index (χ1) is 12.0. The number of benzene rings is 2. The Morgan fingerprint density at radius 1 is 1.16 bits per heavy atom. The molecule has 0 radical (unpaired) electrons. The predicted octanol–water partition coefficient (Wildman–Crippen LogP) is 3.07. The fourth-order valence-electron chi connectivity index (χ4n) is 2.27. The summed E-state index contributed by atoms with van der Waals surface area (Å²) in [5.74, 6) is -2.40. The highest BCUT2D eigenvalue weighted by Crippen LogP contribution is 2.23. The van der Waals surface area contributed by atoms with Crippen molar-refractivity contribution in [3.05, 3.63) is 59.7 Å². The van der Waals surface area contributed by atoms with Crippen LogP contribution in [0.3, 0.4) is 0 Å². The molecule has 0 fully saturated rings. The zero-order chi connectivity index (χ0) is 18.4. The largest absolute Gasteiger partial charge is 0.495 e. The van der Waals surface area contributed by atoms with E-state index in [4.69, 9.17) is 4.74 Å². The molecule has 0 aliphatic carbocycles. The molecule has 0 aliphatic heterocycles. The van der Waals surface area contributed by atoms with Gasteiger partial charge in [-0.15, -0.1) is 0 Å². The Kier molecular flexibility index (Phi) is 6.05. The van der Waals surface area contributed by atoms with Gasteiger partial charge in [0.1, 0.15) is 23.9 Å². The number of para-hydroxylation sites is 2. The van der Waals surface area contributed by atoms with Crippen LogP contribution in [-0.2, 0) is 4.79 Å². The first kappa shape index (κ1) is 18.4. The average molecular weight is 348 g/mol. The van der Waals surface area contributed by atoms with E-state index < -0.39 is 23.4 Å². The lowest BCUT2D eigenvalue weighted by atomic mass is 10.1. The normalized spacial score (nSPS) is 10.2. The number of nitrogens with one attached hydrogen (secondary N) is 1. The summed E-state index contributed by atoms with van der Waals surface area (Å²) < 4.78 is 31.9. The van der Waals surface area contributed by atoms with Gasteiger partial charge in [-0.05, 0) is 31.2 Å². The maximum atomic E-state index is 13.8. The van der Waals surface area contributed by atoms with Crippen LogP contribution in [0.1, 0.15) is 17.3 Å². The van der Waals surface area contributed by atoms with E-state index in [1.54, 1.807) is 31.2 Å². The van der Waals surface area contributed by atoms with Gasteiger partial charge in [0.05, 0.1) is 18.4 Å². The smallest absolute Gasteiger partial charge is 0.257 e. The number of nitrogens with zero attached hydrogens (tertiary/aromatic N) is 1. The van der Waals surface area contributed by atoms with Crippen LogP contribution >= 0.6 is 0 Å². The molecule has 0 atom stereocenters. The zero-order valence-electron chi connectivity index (χ0n) is 13.9. The van der Waals surface area contributed by atoms with Gasteiger partial charge in [-0.2, -0.15) is 0 Å². The Labute approximate surface area is 144 Å². The molecule has 0 unspecified atom stereocenters. The summed E-state index contributed by atoms with van der Waals surface area (Å²) in [5.41, 5.74) is 0.180. The van der Waals surface area contributed by atoms with Crippen LogP contribution in [0.4, 0.5) is 14.5 Å². The lowest BCUT2D eigenvalue weighted by Gasteiger charge is -2.21. The van der Waals surface area contributed by atoms with E-state index in [0.717, 1.165) is 12.1 Å². The van der Waals surface area contributed by atoms with Crippen molar-refractivity contribution in [2.24, 2.45) is 0 Å². The molecule has 7 heteroatoms. The van der Waals surface area contributed by atoms with Crippen LogP contribution in [0.5, 0.6) is 5.75 Å². The van der Waals surface area contributed by atoms with Gasteiger partial charge in [-0.25, -0.2) is 8.78 Å². The summed E-state index contributed by atoms with van der Waals surface area (Å²) in [6, 6.07) is 9.53. The van der Waals surface area contributed by atoms with Crippen LogP contribution in [-0.4, -0.2) is 36.9 Å².